The van der Waals surface area contributed by atoms with Crippen molar-refractivity contribution in [2.75, 3.05) is 20.2 Å². The molecule has 14 heteroatoms. The Morgan fingerprint density at radius 3 is 2.51 bits per heavy atom. The van der Waals surface area contributed by atoms with Gasteiger partial charge in [0.05, 0.1) is 23.9 Å². The van der Waals surface area contributed by atoms with Crippen LogP contribution in [0.2, 0.25) is 5.02 Å². The van der Waals surface area contributed by atoms with Crippen LogP contribution in [0.5, 0.6) is 5.75 Å². The summed E-state index contributed by atoms with van der Waals surface area (Å²) in [7, 11) is -2.76. The third kappa shape index (κ3) is 7.96. The van der Waals surface area contributed by atoms with Crippen LogP contribution in [0, 0.1) is 11.6 Å². The number of imidazole rings is 1. The number of carbonyl (C=O) groups excluding carboxylic acids is 1. The highest BCUT2D eigenvalue weighted by molar-refractivity contribution is 7.98. The number of hydrogen-bond donors (Lipinski definition) is 2. The first-order valence-electron chi connectivity index (χ1n) is 14.2. The summed E-state index contributed by atoms with van der Waals surface area (Å²) in [5.74, 6) is -0.435. The first-order valence-corrected chi connectivity index (χ1v) is 17.0. The van der Waals surface area contributed by atoms with E-state index in [1.54, 1.807) is 41.5 Å². The Morgan fingerprint density at radius 1 is 1.09 bits per heavy atom. The van der Waals surface area contributed by atoms with Crippen LogP contribution >= 0.6 is 23.4 Å². The number of thioether (sulfide) groups is 1. The van der Waals surface area contributed by atoms with Crippen LogP contribution < -0.4 is 14.9 Å². The summed E-state index contributed by atoms with van der Waals surface area (Å²) >= 11 is 7.88. The van der Waals surface area contributed by atoms with Gasteiger partial charge < -0.3 is 4.74 Å². The van der Waals surface area contributed by atoms with Crippen LogP contribution in [0.1, 0.15) is 42.5 Å². The number of methoxy groups -OCH3 is 1. The van der Waals surface area contributed by atoms with Gasteiger partial charge in [0.25, 0.3) is 10.0 Å². The minimum Gasteiger partial charge on any atom is -0.494 e. The van der Waals surface area contributed by atoms with Gasteiger partial charge in [0.1, 0.15) is 5.82 Å². The molecule has 2 N–H and O–H groups in total. The monoisotopic (exact) mass is 675 g/mol. The van der Waals surface area contributed by atoms with Gasteiger partial charge in [-0.25, -0.2) is 36.7 Å². The fraction of sp³-hybridized carbons (Fsp3) is 0.290. The largest absolute Gasteiger partial charge is 0.494 e. The molecule has 45 heavy (non-hydrogen) atoms. The number of ether oxygens (including phenoxy) is 1. The zero-order valence-electron chi connectivity index (χ0n) is 24.6. The van der Waals surface area contributed by atoms with E-state index in [2.05, 4.69) is 10.4 Å². The number of benzene rings is 3. The molecule has 1 unspecified atom stereocenters. The van der Waals surface area contributed by atoms with Crippen molar-refractivity contribution in [1.29, 1.82) is 0 Å². The predicted octanol–water partition coefficient (Wildman–Crippen LogP) is 6.45. The molecule has 0 spiro atoms. The van der Waals surface area contributed by atoms with Crippen LogP contribution in [-0.2, 0) is 22.2 Å². The highest BCUT2D eigenvalue weighted by atomic mass is 35.5. The normalized spacial score (nSPS) is 14.3. The molecular formula is C31H32ClF2N5O4S2. The molecule has 3 aromatic carbocycles. The Hall–Kier alpha value is -3.65. The van der Waals surface area contributed by atoms with Crippen LogP contribution in [0.3, 0.4) is 0 Å². The van der Waals surface area contributed by atoms with E-state index in [-0.39, 0.29) is 27.4 Å². The smallest absolute Gasteiger partial charge is 0.343 e. The van der Waals surface area contributed by atoms with E-state index in [1.165, 1.54) is 49.2 Å². The number of nitrogens with zero attached hydrogens (tertiary/aromatic N) is 3. The minimum absolute atomic E-state index is 0.0448. The molecule has 1 aliphatic heterocycles. The predicted molar refractivity (Wildman–Crippen MR) is 169 cm³/mol. The number of carbonyl (C=O) groups is 1. The van der Waals surface area contributed by atoms with Gasteiger partial charge in [0, 0.05) is 41.5 Å². The summed E-state index contributed by atoms with van der Waals surface area (Å²) in [6.45, 7) is 3.35. The Balaban J connectivity index is 1.36. The lowest BCUT2D eigenvalue weighted by molar-refractivity contribution is 0.202. The SMILES string of the molecule is COc1cc(-n2c(C(C)Cc3ccc(F)cc3)cnc2SCc2ccc(S(=O)(=O)NC(=O)NN3CCCC3)cc2Cl)ccc1F. The van der Waals surface area contributed by atoms with E-state index in [0.717, 1.165) is 24.1 Å². The van der Waals surface area contributed by atoms with Gasteiger partial charge in [-0.3, -0.25) is 9.99 Å². The van der Waals surface area contributed by atoms with Crippen LogP contribution in [-0.4, -0.2) is 49.2 Å². The number of sulfonamides is 1. The molecule has 5 rings (SSSR count). The Kier molecular flexibility index (Phi) is 10.3. The second-order valence-electron chi connectivity index (χ2n) is 10.6. The number of urea groups is 1. The highest BCUT2D eigenvalue weighted by Crippen LogP contribution is 2.34. The molecule has 4 aromatic rings. The maximum absolute atomic E-state index is 14.3. The first-order chi connectivity index (χ1) is 21.5. The van der Waals surface area contributed by atoms with E-state index < -0.39 is 21.9 Å². The van der Waals surface area contributed by atoms with E-state index >= 15 is 0 Å². The topological polar surface area (TPSA) is 106 Å². The van der Waals surface area contributed by atoms with Crippen molar-refractivity contribution in [1.82, 2.24) is 24.7 Å². The number of hydrogen-bond acceptors (Lipinski definition) is 7. The first kappa shape index (κ1) is 32.7. The van der Waals surface area contributed by atoms with Crippen molar-refractivity contribution >= 4 is 39.4 Å². The number of hydrazine groups is 1. The van der Waals surface area contributed by atoms with Gasteiger partial charge in [-0.15, -0.1) is 0 Å². The van der Waals surface area contributed by atoms with Crippen molar-refractivity contribution < 1.29 is 26.7 Å². The van der Waals surface area contributed by atoms with Crippen molar-refractivity contribution in [2.45, 2.75) is 47.9 Å². The van der Waals surface area contributed by atoms with Gasteiger partial charge in [-0.2, -0.15) is 0 Å². The quantitative estimate of drug-likeness (QED) is 0.176. The van der Waals surface area contributed by atoms with E-state index in [9.17, 15) is 22.0 Å². The molecule has 1 aliphatic rings. The number of amides is 2. The van der Waals surface area contributed by atoms with Gasteiger partial charge in [-0.05, 0) is 66.8 Å². The molecule has 0 bridgehead atoms. The minimum atomic E-state index is -4.15. The molecule has 1 aromatic heterocycles. The molecule has 238 valence electrons. The number of aromatic nitrogens is 2. The molecule has 1 atom stereocenters. The second kappa shape index (κ2) is 14.2. The Bertz CT molecular complexity index is 1780. The summed E-state index contributed by atoms with van der Waals surface area (Å²) in [6, 6.07) is 14.3. The lowest BCUT2D eigenvalue weighted by Crippen LogP contribution is -2.47. The second-order valence-corrected chi connectivity index (χ2v) is 13.7. The number of nitrogens with one attached hydrogen (secondary N) is 2. The fourth-order valence-corrected chi connectivity index (χ4v) is 7.38. The molecule has 1 saturated heterocycles. The molecular weight excluding hydrogens is 644 g/mol. The lowest BCUT2D eigenvalue weighted by Gasteiger charge is -2.18. The molecule has 1 fully saturated rings. The molecule has 9 nitrogen and oxygen atoms in total. The fourth-order valence-electron chi connectivity index (χ4n) is 5.05. The summed E-state index contributed by atoms with van der Waals surface area (Å²) in [5, 5.41) is 2.47. The van der Waals surface area contributed by atoms with Gasteiger partial charge in [-0.1, -0.05) is 48.5 Å². The molecule has 0 aliphatic carbocycles. The van der Waals surface area contributed by atoms with Gasteiger partial charge in [0.2, 0.25) is 0 Å². The average Bonchev–Trinajstić information content (AvgIpc) is 3.68. The molecule has 0 radical (unpaired) electrons. The standard InChI is InChI=1S/C31H32ClF2N5O4S2/c1-20(15-21-5-8-23(33)9-6-21)28-18-35-31(39(28)24-10-12-27(34)29(16-24)43-2)44-19-22-7-11-25(17-26(22)32)45(41,42)37-30(40)36-38-13-3-4-14-38/h5-12,16-18,20H,3-4,13-15,19H2,1-2H3,(H2,36,37,40). The average molecular weight is 676 g/mol. The Morgan fingerprint density at radius 2 is 1.82 bits per heavy atom. The lowest BCUT2D eigenvalue weighted by atomic mass is 9.98. The zero-order valence-corrected chi connectivity index (χ0v) is 27.0. The van der Waals surface area contributed by atoms with Crippen LogP contribution in [0.25, 0.3) is 5.69 Å². The van der Waals surface area contributed by atoms with E-state index in [0.29, 0.717) is 41.7 Å². The van der Waals surface area contributed by atoms with Crippen molar-refractivity contribution in [3.63, 3.8) is 0 Å². The van der Waals surface area contributed by atoms with Crippen LogP contribution in [0.4, 0.5) is 13.6 Å². The van der Waals surface area contributed by atoms with Gasteiger partial charge >= 0.3 is 6.03 Å². The summed E-state index contributed by atoms with van der Waals surface area (Å²) in [5.41, 5.74) is 5.62. The zero-order chi connectivity index (χ0) is 32.1. The number of halogens is 3. The van der Waals surface area contributed by atoms with Crippen molar-refractivity contribution in [3.8, 4) is 11.4 Å². The van der Waals surface area contributed by atoms with Gasteiger partial charge in [0.15, 0.2) is 16.7 Å². The molecule has 0 saturated carbocycles. The van der Waals surface area contributed by atoms with Crippen LogP contribution in [0.15, 0.2) is 76.9 Å². The van der Waals surface area contributed by atoms with Crippen molar-refractivity contribution in [2.24, 2.45) is 0 Å². The summed E-state index contributed by atoms with van der Waals surface area (Å²) < 4.78 is 62.6. The third-order valence-electron chi connectivity index (χ3n) is 7.39. The van der Waals surface area contributed by atoms with E-state index in [4.69, 9.17) is 16.3 Å². The highest BCUT2D eigenvalue weighted by Gasteiger charge is 2.23. The summed E-state index contributed by atoms with van der Waals surface area (Å²) in [4.78, 5) is 16.8. The van der Waals surface area contributed by atoms with E-state index in [1.807, 2.05) is 16.2 Å². The molecule has 2 heterocycles. The maximum atomic E-state index is 14.3. The molecule has 2 amide bonds. The number of rotatable bonds is 11. The summed E-state index contributed by atoms with van der Waals surface area (Å²) in [6.07, 6.45) is 4.22. The Labute approximate surface area is 270 Å². The third-order valence-corrected chi connectivity index (χ3v) is 10.1. The maximum Gasteiger partial charge on any atom is 0.343 e. The van der Waals surface area contributed by atoms with Crippen molar-refractivity contribution in [3.05, 3.63) is 100 Å².